The van der Waals surface area contributed by atoms with E-state index in [1.165, 1.54) is 7.11 Å². The molecule has 0 saturated carbocycles. The Kier molecular flexibility index (Phi) is 4.40. The lowest BCUT2D eigenvalue weighted by Crippen LogP contribution is -2.56. The van der Waals surface area contributed by atoms with Gasteiger partial charge in [-0.1, -0.05) is 0 Å². The average molecular weight is 241 g/mol. The van der Waals surface area contributed by atoms with Crippen LogP contribution in [0.3, 0.4) is 0 Å². The van der Waals surface area contributed by atoms with Gasteiger partial charge in [0.05, 0.1) is 7.11 Å². The molecule has 4 nitrogen and oxygen atoms in total. The number of hydrogen-bond acceptors (Lipinski definition) is 4. The Balaban J connectivity index is 2.01. The first kappa shape index (κ1) is 12.8. The first-order valence-electron chi connectivity index (χ1n) is 6.68. The molecule has 0 aliphatic carbocycles. The standard InChI is InChI=1S/C13H23NO3/c1-16-12(15)13(6-2-3-7-14-13)10-11-4-8-17-9-5-11/h11,14H,2-10H2,1H3. The smallest absolute Gasteiger partial charge is 0.326 e. The number of ether oxygens (including phenoxy) is 2. The number of nitrogens with one attached hydrogen (secondary N) is 1. The van der Waals surface area contributed by atoms with Crippen molar-refractivity contribution in [3.63, 3.8) is 0 Å². The molecule has 4 heteroatoms. The van der Waals surface area contributed by atoms with Crippen LogP contribution < -0.4 is 5.32 Å². The molecule has 0 bridgehead atoms. The third-order valence-corrected chi connectivity index (χ3v) is 4.05. The maximum atomic E-state index is 12.0. The van der Waals surface area contributed by atoms with Gasteiger partial charge < -0.3 is 14.8 Å². The van der Waals surface area contributed by atoms with Crippen molar-refractivity contribution in [2.45, 2.75) is 44.1 Å². The molecule has 0 aromatic rings. The molecule has 2 aliphatic heterocycles. The number of methoxy groups -OCH3 is 1. The fourth-order valence-electron chi connectivity index (χ4n) is 3.04. The Bertz CT molecular complexity index is 255. The van der Waals surface area contributed by atoms with Gasteiger partial charge in [-0.3, -0.25) is 4.79 Å². The predicted molar refractivity (Wildman–Crippen MR) is 64.8 cm³/mol. The van der Waals surface area contributed by atoms with Gasteiger partial charge in [-0.25, -0.2) is 0 Å². The first-order valence-corrected chi connectivity index (χ1v) is 6.68. The second-order valence-corrected chi connectivity index (χ2v) is 5.22. The highest BCUT2D eigenvalue weighted by atomic mass is 16.5. The minimum Gasteiger partial charge on any atom is -0.468 e. The van der Waals surface area contributed by atoms with Crippen molar-refractivity contribution in [3.8, 4) is 0 Å². The summed E-state index contributed by atoms with van der Waals surface area (Å²) in [5.74, 6) is 0.511. The predicted octanol–water partition coefficient (Wildman–Crippen LogP) is 1.49. The highest BCUT2D eigenvalue weighted by molar-refractivity contribution is 5.80. The van der Waals surface area contributed by atoms with Gasteiger partial charge >= 0.3 is 5.97 Å². The van der Waals surface area contributed by atoms with Crippen LogP contribution in [0.2, 0.25) is 0 Å². The molecular formula is C13H23NO3. The monoisotopic (exact) mass is 241 g/mol. The van der Waals surface area contributed by atoms with Crippen molar-refractivity contribution in [3.05, 3.63) is 0 Å². The zero-order chi connectivity index (χ0) is 12.1. The van der Waals surface area contributed by atoms with Crippen LogP contribution in [-0.2, 0) is 14.3 Å². The molecular weight excluding hydrogens is 218 g/mol. The Morgan fingerprint density at radius 2 is 2.18 bits per heavy atom. The van der Waals surface area contributed by atoms with Crippen LogP contribution >= 0.6 is 0 Å². The lowest BCUT2D eigenvalue weighted by atomic mass is 9.78. The van der Waals surface area contributed by atoms with Crippen LogP contribution in [0, 0.1) is 5.92 Å². The molecule has 0 spiro atoms. The van der Waals surface area contributed by atoms with Crippen LogP contribution in [0.4, 0.5) is 0 Å². The van der Waals surface area contributed by atoms with Gasteiger partial charge in [0.1, 0.15) is 5.54 Å². The van der Waals surface area contributed by atoms with E-state index in [4.69, 9.17) is 9.47 Å². The van der Waals surface area contributed by atoms with E-state index in [1.54, 1.807) is 0 Å². The van der Waals surface area contributed by atoms with E-state index < -0.39 is 5.54 Å². The Hall–Kier alpha value is -0.610. The van der Waals surface area contributed by atoms with Crippen molar-refractivity contribution in [1.29, 1.82) is 0 Å². The summed E-state index contributed by atoms with van der Waals surface area (Å²) in [7, 11) is 1.49. The quantitative estimate of drug-likeness (QED) is 0.760. The molecule has 98 valence electrons. The van der Waals surface area contributed by atoms with Gasteiger partial charge in [0.2, 0.25) is 0 Å². The number of hydrogen-bond donors (Lipinski definition) is 1. The third kappa shape index (κ3) is 2.99. The van der Waals surface area contributed by atoms with E-state index in [-0.39, 0.29) is 5.97 Å². The van der Waals surface area contributed by atoms with Crippen LogP contribution in [-0.4, -0.2) is 38.4 Å². The highest BCUT2D eigenvalue weighted by Gasteiger charge is 2.42. The summed E-state index contributed by atoms with van der Waals surface area (Å²) >= 11 is 0. The molecule has 1 N–H and O–H groups in total. The SMILES string of the molecule is COC(=O)C1(CC2CCOCC2)CCCCN1. The van der Waals surface area contributed by atoms with Crippen molar-refractivity contribution in [2.24, 2.45) is 5.92 Å². The Morgan fingerprint density at radius 1 is 1.41 bits per heavy atom. The number of esters is 1. The molecule has 17 heavy (non-hydrogen) atoms. The molecule has 1 unspecified atom stereocenters. The van der Waals surface area contributed by atoms with E-state index in [0.717, 1.165) is 58.3 Å². The third-order valence-electron chi connectivity index (χ3n) is 4.05. The van der Waals surface area contributed by atoms with Gasteiger partial charge in [-0.15, -0.1) is 0 Å². The van der Waals surface area contributed by atoms with Crippen LogP contribution in [0.15, 0.2) is 0 Å². The van der Waals surface area contributed by atoms with E-state index in [9.17, 15) is 4.79 Å². The summed E-state index contributed by atoms with van der Waals surface area (Å²) in [6, 6.07) is 0. The summed E-state index contributed by atoms with van der Waals surface area (Å²) in [4.78, 5) is 12.0. The van der Waals surface area contributed by atoms with E-state index >= 15 is 0 Å². The zero-order valence-electron chi connectivity index (χ0n) is 10.7. The normalized spacial score (nSPS) is 31.1. The summed E-state index contributed by atoms with van der Waals surface area (Å²) in [6.07, 6.45) is 6.23. The summed E-state index contributed by atoms with van der Waals surface area (Å²) in [5, 5.41) is 3.42. The van der Waals surface area contributed by atoms with Crippen molar-refractivity contribution >= 4 is 5.97 Å². The lowest BCUT2D eigenvalue weighted by molar-refractivity contribution is -0.151. The molecule has 2 saturated heterocycles. The second kappa shape index (κ2) is 5.83. The van der Waals surface area contributed by atoms with E-state index in [1.807, 2.05) is 0 Å². The summed E-state index contributed by atoms with van der Waals surface area (Å²) in [5.41, 5.74) is -0.422. The second-order valence-electron chi connectivity index (χ2n) is 5.22. The molecule has 0 radical (unpaired) electrons. The maximum Gasteiger partial charge on any atom is 0.326 e. The molecule has 0 aromatic heterocycles. The number of carbonyl (C=O) groups excluding carboxylic acids is 1. The summed E-state index contributed by atoms with van der Waals surface area (Å²) in [6.45, 7) is 2.60. The topological polar surface area (TPSA) is 47.6 Å². The average Bonchev–Trinajstić information content (AvgIpc) is 2.40. The molecule has 2 heterocycles. The van der Waals surface area contributed by atoms with Crippen LogP contribution in [0.25, 0.3) is 0 Å². The van der Waals surface area contributed by atoms with Crippen LogP contribution in [0.5, 0.6) is 0 Å². The number of piperidine rings is 1. The molecule has 2 fully saturated rings. The molecule has 2 rings (SSSR count). The Morgan fingerprint density at radius 3 is 2.76 bits per heavy atom. The molecule has 0 amide bonds. The highest BCUT2D eigenvalue weighted by Crippen LogP contribution is 2.32. The number of carbonyl (C=O) groups is 1. The van der Waals surface area contributed by atoms with Gasteiger partial charge in [-0.2, -0.15) is 0 Å². The van der Waals surface area contributed by atoms with Gasteiger partial charge in [0.25, 0.3) is 0 Å². The van der Waals surface area contributed by atoms with Crippen molar-refractivity contribution in [1.82, 2.24) is 5.32 Å². The summed E-state index contributed by atoms with van der Waals surface area (Å²) < 4.78 is 10.4. The van der Waals surface area contributed by atoms with Crippen LogP contribution in [0.1, 0.15) is 38.5 Å². The maximum absolute atomic E-state index is 12.0. The van der Waals surface area contributed by atoms with Crippen molar-refractivity contribution < 1.29 is 14.3 Å². The fraction of sp³-hybridized carbons (Fsp3) is 0.923. The minimum atomic E-state index is -0.422. The lowest BCUT2D eigenvalue weighted by Gasteiger charge is -2.39. The Labute approximate surface area is 103 Å². The first-order chi connectivity index (χ1) is 8.27. The van der Waals surface area contributed by atoms with Crippen molar-refractivity contribution in [2.75, 3.05) is 26.9 Å². The molecule has 0 aromatic carbocycles. The minimum absolute atomic E-state index is 0.0799. The van der Waals surface area contributed by atoms with E-state index in [0.29, 0.717) is 5.92 Å². The largest absolute Gasteiger partial charge is 0.468 e. The number of rotatable bonds is 3. The van der Waals surface area contributed by atoms with Gasteiger partial charge in [0, 0.05) is 13.2 Å². The molecule has 2 aliphatic rings. The fourth-order valence-corrected chi connectivity index (χ4v) is 3.04. The van der Waals surface area contributed by atoms with Gasteiger partial charge in [-0.05, 0) is 51.0 Å². The van der Waals surface area contributed by atoms with E-state index in [2.05, 4.69) is 5.32 Å². The molecule has 1 atom stereocenters. The zero-order valence-corrected chi connectivity index (χ0v) is 10.7. The van der Waals surface area contributed by atoms with Gasteiger partial charge in [0.15, 0.2) is 0 Å².